The molecule has 0 saturated carbocycles. The summed E-state index contributed by atoms with van der Waals surface area (Å²) in [6.45, 7) is 4.69. The lowest BCUT2D eigenvalue weighted by atomic mass is 9.98. The molecule has 0 radical (unpaired) electrons. The molecular formula is C22H27N9O2S. The minimum atomic E-state index is -3.53. The lowest BCUT2D eigenvalue weighted by molar-refractivity contribution is 0.0308. The first kappa shape index (κ1) is 21.4. The first-order valence-corrected chi connectivity index (χ1v) is 12.9. The van der Waals surface area contributed by atoms with Gasteiger partial charge in [-0.05, 0) is 25.8 Å². The summed E-state index contributed by atoms with van der Waals surface area (Å²) in [6.07, 6.45) is 10.6. The average Bonchev–Trinajstić information content (AvgIpc) is 3.54. The molecule has 6 rings (SSSR count). The van der Waals surface area contributed by atoms with E-state index in [0.29, 0.717) is 31.0 Å². The maximum Gasteiger partial charge on any atom is 0.262 e. The standard InChI is InChI=1S/C22H27N9O2S/c1-15-27-20(13-28(15)2)34(32,33)30-7-4-17(5-8-30)29-11-18(12-29)31-10-16(9-26-31)21-19-3-6-23-22(19)25-14-24-21/h3,6,9-10,13-14,17-18H,4-5,7-8,11-12H2,1-2H3,(H,23,24,25). The van der Waals surface area contributed by atoms with E-state index in [2.05, 4.69) is 36.1 Å². The van der Waals surface area contributed by atoms with Crippen LogP contribution in [0.5, 0.6) is 0 Å². The molecule has 0 aromatic carbocycles. The Morgan fingerprint density at radius 1 is 1.09 bits per heavy atom. The number of imidazole rings is 1. The van der Waals surface area contributed by atoms with E-state index in [4.69, 9.17) is 0 Å². The monoisotopic (exact) mass is 481 g/mol. The molecule has 0 aliphatic carbocycles. The highest BCUT2D eigenvalue weighted by Crippen LogP contribution is 2.31. The largest absolute Gasteiger partial charge is 0.346 e. The molecule has 0 atom stereocenters. The molecule has 34 heavy (non-hydrogen) atoms. The first-order chi connectivity index (χ1) is 16.4. The Hall–Kier alpha value is -3.09. The van der Waals surface area contributed by atoms with E-state index in [1.54, 1.807) is 21.4 Å². The Labute approximate surface area is 197 Å². The van der Waals surface area contributed by atoms with Crippen LogP contribution in [0.15, 0.2) is 42.2 Å². The fourth-order valence-corrected chi connectivity index (χ4v) is 6.44. The normalized spacial score (nSPS) is 19.1. The number of aromatic nitrogens is 7. The van der Waals surface area contributed by atoms with Crippen LogP contribution < -0.4 is 0 Å². The third-order valence-corrected chi connectivity index (χ3v) is 8.89. The lowest BCUT2D eigenvalue weighted by Gasteiger charge is -2.46. The number of piperidine rings is 1. The number of aryl methyl sites for hydroxylation is 2. The van der Waals surface area contributed by atoms with Gasteiger partial charge >= 0.3 is 0 Å². The van der Waals surface area contributed by atoms with Crippen molar-refractivity contribution in [2.45, 2.75) is 36.9 Å². The van der Waals surface area contributed by atoms with Crippen LogP contribution in [0.4, 0.5) is 0 Å². The number of sulfonamides is 1. The molecule has 0 bridgehead atoms. The summed E-state index contributed by atoms with van der Waals surface area (Å²) in [7, 11) is -1.72. The number of fused-ring (bicyclic) bond motifs is 1. The van der Waals surface area contributed by atoms with E-state index >= 15 is 0 Å². The third-order valence-electron chi connectivity index (χ3n) is 7.12. The topological polar surface area (TPSA) is 118 Å². The van der Waals surface area contributed by atoms with Crippen LogP contribution in [0.2, 0.25) is 0 Å². The second-order valence-electron chi connectivity index (χ2n) is 9.15. The molecule has 0 unspecified atom stereocenters. The molecule has 11 nitrogen and oxygen atoms in total. The van der Waals surface area contributed by atoms with E-state index in [-0.39, 0.29) is 5.03 Å². The van der Waals surface area contributed by atoms with Crippen molar-refractivity contribution < 1.29 is 8.42 Å². The zero-order valence-corrected chi connectivity index (χ0v) is 20.0. The predicted molar refractivity (Wildman–Crippen MR) is 125 cm³/mol. The highest BCUT2D eigenvalue weighted by molar-refractivity contribution is 7.89. The number of nitrogens with zero attached hydrogens (tertiary/aromatic N) is 8. The highest BCUT2D eigenvalue weighted by Gasteiger charge is 2.38. The van der Waals surface area contributed by atoms with Crippen LogP contribution in [-0.4, -0.2) is 84.1 Å². The van der Waals surface area contributed by atoms with Crippen LogP contribution in [-0.2, 0) is 17.1 Å². The molecule has 0 spiro atoms. The molecule has 12 heteroatoms. The number of aromatic amines is 1. The molecule has 4 aromatic heterocycles. The molecule has 2 saturated heterocycles. The number of hydrogen-bond acceptors (Lipinski definition) is 7. The number of H-pyrrole nitrogens is 1. The Balaban J connectivity index is 1.07. The summed E-state index contributed by atoms with van der Waals surface area (Å²) in [5.74, 6) is 0.694. The van der Waals surface area contributed by atoms with Gasteiger partial charge in [0, 0.05) is 68.8 Å². The van der Waals surface area contributed by atoms with Gasteiger partial charge in [-0.2, -0.15) is 9.40 Å². The fourth-order valence-electron chi connectivity index (χ4n) is 4.95. The van der Waals surface area contributed by atoms with Gasteiger partial charge in [-0.15, -0.1) is 0 Å². The molecule has 2 fully saturated rings. The summed E-state index contributed by atoms with van der Waals surface area (Å²) in [5.41, 5.74) is 2.68. The molecule has 0 amide bonds. The Morgan fingerprint density at radius 3 is 2.62 bits per heavy atom. The molecule has 178 valence electrons. The fraction of sp³-hybridized carbons (Fsp3) is 0.455. The maximum absolute atomic E-state index is 12.9. The van der Waals surface area contributed by atoms with Crippen LogP contribution in [0.1, 0.15) is 24.7 Å². The van der Waals surface area contributed by atoms with Crippen molar-refractivity contribution in [3.63, 3.8) is 0 Å². The predicted octanol–water partition coefficient (Wildman–Crippen LogP) is 1.57. The highest BCUT2D eigenvalue weighted by atomic mass is 32.2. The van der Waals surface area contributed by atoms with Crippen molar-refractivity contribution in [2.24, 2.45) is 7.05 Å². The van der Waals surface area contributed by atoms with Crippen LogP contribution in [0, 0.1) is 6.92 Å². The Kier molecular flexibility index (Phi) is 5.04. The van der Waals surface area contributed by atoms with Crippen LogP contribution in [0.25, 0.3) is 22.3 Å². The summed E-state index contributed by atoms with van der Waals surface area (Å²) in [4.78, 5) is 18.5. The number of likely N-dealkylation sites (tertiary alicyclic amines) is 1. The molecule has 2 aliphatic rings. The zero-order chi connectivity index (χ0) is 23.4. The van der Waals surface area contributed by atoms with E-state index in [0.717, 1.165) is 48.2 Å². The van der Waals surface area contributed by atoms with Gasteiger partial charge in [0.25, 0.3) is 10.0 Å². The number of nitrogens with one attached hydrogen (secondary N) is 1. The minimum absolute atomic E-state index is 0.144. The molecule has 2 aliphatic heterocycles. The van der Waals surface area contributed by atoms with Crippen molar-refractivity contribution in [1.29, 1.82) is 0 Å². The number of rotatable bonds is 5. The quantitative estimate of drug-likeness (QED) is 0.460. The van der Waals surface area contributed by atoms with E-state index in [1.165, 1.54) is 0 Å². The van der Waals surface area contributed by atoms with Crippen LogP contribution >= 0.6 is 0 Å². The third kappa shape index (κ3) is 3.53. The average molecular weight is 482 g/mol. The molecular weight excluding hydrogens is 454 g/mol. The van der Waals surface area contributed by atoms with Gasteiger partial charge in [-0.1, -0.05) is 0 Å². The summed E-state index contributed by atoms with van der Waals surface area (Å²) < 4.78 is 31.2. The van der Waals surface area contributed by atoms with Crippen molar-refractivity contribution in [3.8, 4) is 11.3 Å². The lowest BCUT2D eigenvalue weighted by Crippen LogP contribution is -2.56. The van der Waals surface area contributed by atoms with Gasteiger partial charge in [0.2, 0.25) is 0 Å². The maximum atomic E-state index is 12.9. The van der Waals surface area contributed by atoms with E-state index < -0.39 is 10.0 Å². The Morgan fingerprint density at radius 2 is 1.88 bits per heavy atom. The molecule has 4 aromatic rings. The first-order valence-electron chi connectivity index (χ1n) is 11.5. The summed E-state index contributed by atoms with van der Waals surface area (Å²) in [5, 5.41) is 5.72. The zero-order valence-electron chi connectivity index (χ0n) is 19.2. The smallest absolute Gasteiger partial charge is 0.262 e. The summed E-state index contributed by atoms with van der Waals surface area (Å²) in [6, 6.07) is 2.69. The van der Waals surface area contributed by atoms with E-state index in [9.17, 15) is 8.42 Å². The van der Waals surface area contributed by atoms with Gasteiger partial charge in [0.05, 0.1) is 17.9 Å². The van der Waals surface area contributed by atoms with E-state index in [1.807, 2.05) is 37.1 Å². The van der Waals surface area contributed by atoms with Gasteiger partial charge in [0.15, 0.2) is 5.03 Å². The second kappa shape index (κ2) is 8.00. The van der Waals surface area contributed by atoms with Gasteiger partial charge in [-0.3, -0.25) is 9.58 Å². The SMILES string of the molecule is Cc1nc(S(=O)(=O)N2CCC(N3CC(n4cc(-c5ncnc6[nH]ccc56)cn4)C3)CC2)cn1C. The molecule has 6 heterocycles. The minimum Gasteiger partial charge on any atom is -0.346 e. The number of hydrogen-bond donors (Lipinski definition) is 1. The van der Waals surface area contributed by atoms with Gasteiger partial charge in [-0.25, -0.2) is 23.4 Å². The second-order valence-corrected chi connectivity index (χ2v) is 11.0. The van der Waals surface area contributed by atoms with Crippen molar-refractivity contribution in [1.82, 2.24) is 43.5 Å². The van der Waals surface area contributed by atoms with Crippen molar-refractivity contribution in [3.05, 3.63) is 43.0 Å². The van der Waals surface area contributed by atoms with Crippen LogP contribution in [0.3, 0.4) is 0 Å². The summed E-state index contributed by atoms with van der Waals surface area (Å²) >= 11 is 0. The van der Waals surface area contributed by atoms with Gasteiger partial charge in [0.1, 0.15) is 17.8 Å². The van der Waals surface area contributed by atoms with Crippen molar-refractivity contribution >= 4 is 21.1 Å². The van der Waals surface area contributed by atoms with Gasteiger partial charge < -0.3 is 9.55 Å². The Bertz CT molecular complexity index is 1420. The van der Waals surface area contributed by atoms with Crippen molar-refractivity contribution in [2.75, 3.05) is 26.2 Å². The molecule has 1 N–H and O–H groups in total.